The van der Waals surface area contributed by atoms with E-state index in [0.29, 0.717) is 18.0 Å². The molecule has 0 aromatic heterocycles. The van der Waals surface area contributed by atoms with Crippen molar-refractivity contribution in [3.8, 4) is 0 Å². The van der Waals surface area contributed by atoms with E-state index < -0.39 is 0 Å². The normalized spacial score (nSPS) is 37.2. The highest BCUT2D eigenvalue weighted by molar-refractivity contribution is 5.79. The minimum absolute atomic E-state index is 0.290. The van der Waals surface area contributed by atoms with Crippen molar-refractivity contribution < 1.29 is 4.79 Å². The molecule has 2 atom stereocenters. The van der Waals surface area contributed by atoms with Gasteiger partial charge in [0.1, 0.15) is 0 Å². The molecule has 2 aliphatic rings. The second kappa shape index (κ2) is 6.55. The fourth-order valence-electron chi connectivity index (χ4n) is 3.41. The molecule has 2 fully saturated rings. The van der Waals surface area contributed by atoms with E-state index in [9.17, 15) is 4.79 Å². The van der Waals surface area contributed by atoms with Crippen molar-refractivity contribution in [1.29, 1.82) is 0 Å². The van der Waals surface area contributed by atoms with E-state index in [1.54, 1.807) is 0 Å². The van der Waals surface area contributed by atoms with Crippen LogP contribution < -0.4 is 10.6 Å². The summed E-state index contributed by atoms with van der Waals surface area (Å²) in [6, 6.07) is 0.942. The Balaban J connectivity index is 1.74. The van der Waals surface area contributed by atoms with Crippen LogP contribution in [0.15, 0.2) is 0 Å². The van der Waals surface area contributed by atoms with Crippen LogP contribution in [0.25, 0.3) is 0 Å². The lowest BCUT2D eigenvalue weighted by Crippen LogP contribution is -2.48. The highest BCUT2D eigenvalue weighted by atomic mass is 16.1. The predicted octanol–water partition coefficient (Wildman–Crippen LogP) is 2.46. The number of hydrogen-bond acceptors (Lipinski definition) is 2. The van der Waals surface area contributed by atoms with Crippen LogP contribution in [0, 0.1) is 11.8 Å². The molecule has 0 spiro atoms. The van der Waals surface area contributed by atoms with Crippen LogP contribution in [0.1, 0.15) is 58.8 Å². The minimum Gasteiger partial charge on any atom is -0.353 e. The first kappa shape index (κ1) is 13.9. The Morgan fingerprint density at radius 3 is 2.56 bits per heavy atom. The van der Waals surface area contributed by atoms with E-state index in [-0.39, 0.29) is 5.92 Å². The van der Waals surface area contributed by atoms with Crippen LogP contribution in [0.4, 0.5) is 0 Å². The van der Waals surface area contributed by atoms with Crippen LogP contribution in [-0.4, -0.2) is 24.5 Å². The lowest BCUT2D eigenvalue weighted by atomic mass is 9.80. The molecule has 0 bridgehead atoms. The van der Waals surface area contributed by atoms with Crippen molar-refractivity contribution in [3.63, 3.8) is 0 Å². The SMILES string of the molecule is CCC1CCC(C(=O)NC2CCNC(C)C2)CC1. The number of rotatable bonds is 3. The van der Waals surface area contributed by atoms with Crippen molar-refractivity contribution in [2.75, 3.05) is 6.54 Å². The summed E-state index contributed by atoms with van der Waals surface area (Å²) in [6.45, 7) is 5.50. The number of amides is 1. The molecule has 0 aromatic rings. The van der Waals surface area contributed by atoms with Crippen LogP contribution in [-0.2, 0) is 4.79 Å². The van der Waals surface area contributed by atoms with Gasteiger partial charge < -0.3 is 10.6 Å². The molecule has 2 rings (SSSR count). The third kappa shape index (κ3) is 3.71. The van der Waals surface area contributed by atoms with Gasteiger partial charge in [-0.1, -0.05) is 13.3 Å². The number of carbonyl (C=O) groups excluding carboxylic acids is 1. The quantitative estimate of drug-likeness (QED) is 0.810. The van der Waals surface area contributed by atoms with Crippen molar-refractivity contribution >= 4 is 5.91 Å². The molecule has 1 aliphatic carbocycles. The molecule has 0 aromatic carbocycles. The molecule has 1 saturated heterocycles. The first-order valence-corrected chi connectivity index (χ1v) is 7.72. The first-order valence-electron chi connectivity index (χ1n) is 7.72. The molecule has 1 heterocycles. The summed E-state index contributed by atoms with van der Waals surface area (Å²) in [7, 11) is 0. The Bertz CT molecular complexity index is 272. The van der Waals surface area contributed by atoms with E-state index in [0.717, 1.165) is 38.1 Å². The van der Waals surface area contributed by atoms with Gasteiger partial charge in [0.05, 0.1) is 0 Å². The van der Waals surface area contributed by atoms with E-state index in [2.05, 4.69) is 24.5 Å². The maximum Gasteiger partial charge on any atom is 0.223 e. The number of hydrogen-bond donors (Lipinski definition) is 2. The van der Waals surface area contributed by atoms with Gasteiger partial charge in [-0.2, -0.15) is 0 Å². The third-order valence-corrected chi connectivity index (χ3v) is 4.76. The van der Waals surface area contributed by atoms with Gasteiger partial charge in [0.2, 0.25) is 5.91 Å². The highest BCUT2D eigenvalue weighted by Crippen LogP contribution is 2.30. The van der Waals surface area contributed by atoms with Gasteiger partial charge in [0.25, 0.3) is 0 Å². The van der Waals surface area contributed by atoms with Gasteiger partial charge in [0, 0.05) is 18.0 Å². The molecule has 0 radical (unpaired) electrons. The Morgan fingerprint density at radius 1 is 1.22 bits per heavy atom. The molecule has 1 amide bonds. The topological polar surface area (TPSA) is 41.1 Å². The zero-order chi connectivity index (χ0) is 13.0. The fourth-order valence-corrected chi connectivity index (χ4v) is 3.41. The molecule has 104 valence electrons. The lowest BCUT2D eigenvalue weighted by molar-refractivity contribution is -0.127. The van der Waals surface area contributed by atoms with Gasteiger partial charge in [-0.25, -0.2) is 0 Å². The Morgan fingerprint density at radius 2 is 1.94 bits per heavy atom. The number of nitrogens with one attached hydrogen (secondary N) is 2. The summed E-state index contributed by atoms with van der Waals surface area (Å²) in [4.78, 5) is 12.2. The van der Waals surface area contributed by atoms with Crippen molar-refractivity contribution in [2.24, 2.45) is 11.8 Å². The van der Waals surface area contributed by atoms with Crippen molar-refractivity contribution in [3.05, 3.63) is 0 Å². The van der Waals surface area contributed by atoms with Crippen molar-refractivity contribution in [2.45, 2.75) is 70.9 Å². The van der Waals surface area contributed by atoms with E-state index in [1.165, 1.54) is 19.3 Å². The lowest BCUT2D eigenvalue weighted by Gasteiger charge is -2.32. The molecule has 1 aliphatic heterocycles. The zero-order valence-electron chi connectivity index (χ0n) is 11.9. The van der Waals surface area contributed by atoms with Crippen LogP contribution in [0.2, 0.25) is 0 Å². The zero-order valence-corrected chi connectivity index (χ0v) is 11.9. The summed E-state index contributed by atoms with van der Waals surface area (Å²) in [6.07, 6.45) is 8.14. The monoisotopic (exact) mass is 252 g/mol. The number of carbonyl (C=O) groups is 1. The smallest absolute Gasteiger partial charge is 0.223 e. The van der Waals surface area contributed by atoms with Crippen LogP contribution in [0.5, 0.6) is 0 Å². The Hall–Kier alpha value is -0.570. The van der Waals surface area contributed by atoms with Gasteiger partial charge in [-0.05, 0) is 57.9 Å². The van der Waals surface area contributed by atoms with Crippen LogP contribution >= 0.6 is 0 Å². The van der Waals surface area contributed by atoms with E-state index >= 15 is 0 Å². The maximum absolute atomic E-state index is 12.2. The summed E-state index contributed by atoms with van der Waals surface area (Å²) in [5.41, 5.74) is 0. The molecule has 3 nitrogen and oxygen atoms in total. The fraction of sp³-hybridized carbons (Fsp3) is 0.933. The molecule has 1 saturated carbocycles. The summed E-state index contributed by atoms with van der Waals surface area (Å²) in [5, 5.41) is 6.70. The molecular formula is C15H28N2O. The number of piperidine rings is 1. The highest BCUT2D eigenvalue weighted by Gasteiger charge is 2.28. The van der Waals surface area contributed by atoms with E-state index in [4.69, 9.17) is 0 Å². The second-order valence-electron chi connectivity index (χ2n) is 6.21. The van der Waals surface area contributed by atoms with Crippen LogP contribution in [0.3, 0.4) is 0 Å². The van der Waals surface area contributed by atoms with Gasteiger partial charge in [-0.15, -0.1) is 0 Å². The molecule has 2 unspecified atom stereocenters. The average Bonchev–Trinajstić information content (AvgIpc) is 2.39. The molecule has 2 N–H and O–H groups in total. The first-order chi connectivity index (χ1) is 8.69. The van der Waals surface area contributed by atoms with Crippen molar-refractivity contribution in [1.82, 2.24) is 10.6 Å². The minimum atomic E-state index is 0.290. The average molecular weight is 252 g/mol. The molecule has 18 heavy (non-hydrogen) atoms. The van der Waals surface area contributed by atoms with Gasteiger partial charge in [-0.3, -0.25) is 4.79 Å². The molecular weight excluding hydrogens is 224 g/mol. The Labute approximate surface area is 111 Å². The predicted molar refractivity (Wildman–Crippen MR) is 74.4 cm³/mol. The standard InChI is InChI=1S/C15H28N2O/c1-3-12-4-6-13(7-5-12)15(18)17-14-8-9-16-11(2)10-14/h11-14,16H,3-10H2,1-2H3,(H,17,18). The Kier molecular flexibility index (Phi) is 5.04. The van der Waals surface area contributed by atoms with Gasteiger partial charge in [0.15, 0.2) is 0 Å². The third-order valence-electron chi connectivity index (χ3n) is 4.76. The summed E-state index contributed by atoms with van der Waals surface area (Å²) < 4.78 is 0. The summed E-state index contributed by atoms with van der Waals surface area (Å²) in [5.74, 6) is 1.48. The van der Waals surface area contributed by atoms with Gasteiger partial charge >= 0.3 is 0 Å². The second-order valence-corrected chi connectivity index (χ2v) is 6.21. The maximum atomic E-state index is 12.2. The van der Waals surface area contributed by atoms with E-state index in [1.807, 2.05) is 0 Å². The summed E-state index contributed by atoms with van der Waals surface area (Å²) >= 11 is 0. The molecule has 3 heteroatoms. The largest absolute Gasteiger partial charge is 0.353 e.